The van der Waals surface area contributed by atoms with Crippen LogP contribution in [0.2, 0.25) is 0 Å². The number of hydrogen-bond donors (Lipinski definition) is 1. The lowest BCUT2D eigenvalue weighted by molar-refractivity contribution is -0.123. The van der Waals surface area contributed by atoms with E-state index in [0.29, 0.717) is 11.7 Å². The number of aryl methyl sites for hydroxylation is 1. The van der Waals surface area contributed by atoms with Crippen LogP contribution in [0.5, 0.6) is 5.75 Å². The van der Waals surface area contributed by atoms with Gasteiger partial charge in [-0.2, -0.15) is 5.10 Å². The summed E-state index contributed by atoms with van der Waals surface area (Å²) < 4.78 is 6.36. The molecule has 0 unspecified atom stereocenters. The first-order chi connectivity index (χ1) is 11.5. The smallest absolute Gasteiger partial charge is 0.277 e. The topological polar surface area (TPSA) is 50.7 Å². The fourth-order valence-electron chi connectivity index (χ4n) is 2.07. The van der Waals surface area contributed by atoms with Crippen LogP contribution in [0.15, 0.2) is 52.0 Å². The Morgan fingerprint density at radius 3 is 2.71 bits per heavy atom. The molecule has 0 spiro atoms. The van der Waals surface area contributed by atoms with Crippen molar-refractivity contribution in [3.05, 3.63) is 63.6 Å². The Labute approximate surface area is 151 Å². The van der Waals surface area contributed by atoms with Gasteiger partial charge < -0.3 is 4.74 Å². The number of amides is 1. The van der Waals surface area contributed by atoms with Crippen LogP contribution in [-0.2, 0) is 4.79 Å². The summed E-state index contributed by atoms with van der Waals surface area (Å²) in [6.45, 7) is 6.15. The summed E-state index contributed by atoms with van der Waals surface area (Å²) in [5, 5.41) is 3.96. The largest absolute Gasteiger partial charge is 0.483 e. The summed E-state index contributed by atoms with van der Waals surface area (Å²) in [6.07, 6.45) is 1.63. The van der Waals surface area contributed by atoms with Crippen LogP contribution in [0.1, 0.15) is 36.5 Å². The molecule has 0 aliphatic carbocycles. The number of rotatable bonds is 6. The molecule has 0 bridgehead atoms. The molecule has 2 aromatic carbocycles. The number of hydrazone groups is 1. The number of carbonyl (C=O) groups is 1. The van der Waals surface area contributed by atoms with Gasteiger partial charge in [0.2, 0.25) is 0 Å². The fourth-order valence-corrected chi connectivity index (χ4v) is 2.59. The second-order valence-corrected chi connectivity index (χ2v) is 6.64. The Balaban J connectivity index is 1.86. The number of nitrogens with one attached hydrogen (secondary N) is 1. The van der Waals surface area contributed by atoms with E-state index in [1.807, 2.05) is 49.4 Å². The van der Waals surface area contributed by atoms with Crippen molar-refractivity contribution < 1.29 is 9.53 Å². The van der Waals surface area contributed by atoms with Crippen molar-refractivity contribution in [2.45, 2.75) is 26.7 Å². The zero-order chi connectivity index (χ0) is 17.5. The van der Waals surface area contributed by atoms with Gasteiger partial charge in [0.25, 0.3) is 5.91 Å². The molecule has 0 saturated heterocycles. The van der Waals surface area contributed by atoms with E-state index in [1.54, 1.807) is 6.21 Å². The van der Waals surface area contributed by atoms with Gasteiger partial charge in [0.05, 0.1) is 10.7 Å². The average Bonchev–Trinajstić information content (AvgIpc) is 2.55. The summed E-state index contributed by atoms with van der Waals surface area (Å²) >= 11 is 3.47. The fraction of sp³-hybridized carbons (Fsp3) is 0.263. The highest BCUT2D eigenvalue weighted by Gasteiger charge is 2.07. The van der Waals surface area contributed by atoms with Gasteiger partial charge in [-0.1, -0.05) is 44.2 Å². The van der Waals surface area contributed by atoms with Gasteiger partial charge in [0.1, 0.15) is 5.75 Å². The molecule has 0 aliphatic rings. The summed E-state index contributed by atoms with van der Waals surface area (Å²) in [5.41, 5.74) is 5.74. The molecular formula is C19H21BrN2O2. The first-order valence-corrected chi connectivity index (χ1v) is 8.56. The minimum Gasteiger partial charge on any atom is -0.483 e. The molecular weight excluding hydrogens is 368 g/mol. The van der Waals surface area contributed by atoms with Crippen molar-refractivity contribution in [1.82, 2.24) is 5.43 Å². The lowest BCUT2D eigenvalue weighted by atomic mass is 10.0. The molecule has 0 radical (unpaired) electrons. The van der Waals surface area contributed by atoms with E-state index in [1.165, 1.54) is 5.56 Å². The lowest BCUT2D eigenvalue weighted by Gasteiger charge is -2.10. The minimum absolute atomic E-state index is 0.0925. The van der Waals surface area contributed by atoms with Gasteiger partial charge in [-0.3, -0.25) is 4.79 Å². The molecule has 126 valence electrons. The van der Waals surface area contributed by atoms with Crippen molar-refractivity contribution in [2.75, 3.05) is 6.61 Å². The minimum atomic E-state index is -0.306. The second-order valence-electron chi connectivity index (χ2n) is 5.78. The first-order valence-electron chi connectivity index (χ1n) is 7.77. The molecule has 0 aromatic heterocycles. The van der Waals surface area contributed by atoms with Gasteiger partial charge in [-0.05, 0) is 57.6 Å². The highest BCUT2D eigenvalue weighted by Crippen LogP contribution is 2.28. The van der Waals surface area contributed by atoms with E-state index < -0.39 is 0 Å². The highest BCUT2D eigenvalue weighted by molar-refractivity contribution is 9.10. The number of halogens is 1. The third-order valence-corrected chi connectivity index (χ3v) is 4.18. The van der Waals surface area contributed by atoms with Crippen molar-refractivity contribution in [1.29, 1.82) is 0 Å². The number of benzene rings is 2. The molecule has 0 fully saturated rings. The molecule has 0 aliphatic heterocycles. The Hall–Kier alpha value is -2.14. The summed E-state index contributed by atoms with van der Waals surface area (Å²) in [7, 11) is 0. The van der Waals surface area contributed by atoms with Crippen LogP contribution >= 0.6 is 15.9 Å². The summed E-state index contributed by atoms with van der Waals surface area (Å²) in [5.74, 6) is 0.770. The van der Waals surface area contributed by atoms with Crippen molar-refractivity contribution in [2.24, 2.45) is 5.10 Å². The number of carbonyl (C=O) groups excluding carboxylic acids is 1. The van der Waals surface area contributed by atoms with Crippen LogP contribution < -0.4 is 10.2 Å². The maximum Gasteiger partial charge on any atom is 0.277 e. The van der Waals surface area contributed by atoms with Crippen molar-refractivity contribution in [3.8, 4) is 5.75 Å². The van der Waals surface area contributed by atoms with E-state index in [4.69, 9.17) is 4.74 Å². The molecule has 24 heavy (non-hydrogen) atoms. The predicted molar refractivity (Wildman–Crippen MR) is 101 cm³/mol. The molecule has 4 nitrogen and oxygen atoms in total. The number of hydrogen-bond acceptors (Lipinski definition) is 3. The Morgan fingerprint density at radius 1 is 1.29 bits per heavy atom. The van der Waals surface area contributed by atoms with Crippen LogP contribution in [0.4, 0.5) is 0 Å². The Morgan fingerprint density at radius 2 is 2.04 bits per heavy atom. The SMILES string of the molecule is Cc1ccccc1C=NNC(=O)COc1ccc(C(C)C)cc1Br. The highest BCUT2D eigenvalue weighted by atomic mass is 79.9. The van der Waals surface area contributed by atoms with Crippen molar-refractivity contribution >= 4 is 28.1 Å². The third kappa shape index (κ3) is 5.20. The van der Waals surface area contributed by atoms with Gasteiger partial charge in [-0.25, -0.2) is 5.43 Å². The standard InChI is InChI=1S/C19H21BrN2O2/c1-13(2)15-8-9-18(17(20)10-15)24-12-19(23)22-21-11-16-7-5-4-6-14(16)3/h4-11,13H,12H2,1-3H3,(H,22,23). The zero-order valence-corrected chi connectivity index (χ0v) is 15.6. The molecule has 1 N–H and O–H groups in total. The monoisotopic (exact) mass is 388 g/mol. The summed E-state index contributed by atoms with van der Waals surface area (Å²) in [4.78, 5) is 11.8. The predicted octanol–water partition coefficient (Wildman–Crippen LogP) is 4.41. The van der Waals surface area contributed by atoms with E-state index >= 15 is 0 Å². The van der Waals surface area contributed by atoms with E-state index in [2.05, 4.69) is 40.3 Å². The van der Waals surface area contributed by atoms with Gasteiger partial charge in [-0.15, -0.1) is 0 Å². The molecule has 0 heterocycles. The maximum atomic E-state index is 11.8. The van der Waals surface area contributed by atoms with E-state index in [0.717, 1.165) is 15.6 Å². The molecule has 2 aromatic rings. The quantitative estimate of drug-likeness (QED) is 0.588. The van der Waals surface area contributed by atoms with Crippen LogP contribution in [0.25, 0.3) is 0 Å². The van der Waals surface area contributed by atoms with E-state index in [-0.39, 0.29) is 12.5 Å². The van der Waals surface area contributed by atoms with Crippen LogP contribution in [-0.4, -0.2) is 18.7 Å². The first kappa shape index (κ1) is 18.2. The molecule has 0 atom stereocenters. The lowest BCUT2D eigenvalue weighted by Crippen LogP contribution is -2.24. The Bertz CT molecular complexity index is 742. The second kappa shape index (κ2) is 8.64. The molecule has 1 amide bonds. The van der Waals surface area contributed by atoms with Crippen LogP contribution in [0, 0.1) is 6.92 Å². The Kier molecular flexibility index (Phi) is 6.55. The molecule has 0 saturated carbocycles. The third-order valence-electron chi connectivity index (χ3n) is 3.56. The van der Waals surface area contributed by atoms with Crippen LogP contribution in [0.3, 0.4) is 0 Å². The average molecular weight is 389 g/mol. The molecule has 5 heteroatoms. The summed E-state index contributed by atoms with van der Waals surface area (Å²) in [6, 6.07) is 13.7. The van der Waals surface area contributed by atoms with Gasteiger partial charge in [0, 0.05) is 0 Å². The number of ether oxygens (including phenoxy) is 1. The zero-order valence-electron chi connectivity index (χ0n) is 14.0. The molecule has 2 rings (SSSR count). The maximum absolute atomic E-state index is 11.8. The van der Waals surface area contributed by atoms with Gasteiger partial charge >= 0.3 is 0 Å². The normalized spacial score (nSPS) is 11.0. The van der Waals surface area contributed by atoms with Gasteiger partial charge in [0.15, 0.2) is 6.61 Å². The van der Waals surface area contributed by atoms with Crippen molar-refractivity contribution in [3.63, 3.8) is 0 Å². The number of nitrogens with zero attached hydrogens (tertiary/aromatic N) is 1. The van der Waals surface area contributed by atoms with E-state index in [9.17, 15) is 4.79 Å².